The van der Waals surface area contributed by atoms with Crippen LogP contribution in [0.25, 0.3) is 0 Å². The molecule has 4 nitrogen and oxygen atoms in total. The van der Waals surface area contributed by atoms with Gasteiger partial charge in [0.1, 0.15) is 0 Å². The lowest BCUT2D eigenvalue weighted by molar-refractivity contribution is 0.0992. The van der Waals surface area contributed by atoms with Crippen LogP contribution < -0.4 is 5.73 Å². The SMILES string of the molecule is Cn1ccc(CC(=O)c2ccccc2N)n1. The number of benzene rings is 1. The van der Waals surface area contributed by atoms with Crippen molar-refractivity contribution in [2.45, 2.75) is 6.42 Å². The first-order valence-corrected chi connectivity index (χ1v) is 5.03. The van der Waals surface area contributed by atoms with Crippen molar-refractivity contribution in [1.82, 2.24) is 9.78 Å². The smallest absolute Gasteiger partial charge is 0.170 e. The Hall–Kier alpha value is -2.10. The Morgan fingerprint density at radius 1 is 1.38 bits per heavy atom. The molecule has 0 fully saturated rings. The summed E-state index contributed by atoms with van der Waals surface area (Å²) in [5, 5.41) is 4.16. The summed E-state index contributed by atoms with van der Waals surface area (Å²) >= 11 is 0. The molecule has 0 saturated carbocycles. The van der Waals surface area contributed by atoms with Crippen LogP contribution in [0.1, 0.15) is 16.1 Å². The van der Waals surface area contributed by atoms with Gasteiger partial charge in [-0.15, -0.1) is 0 Å². The maximum Gasteiger partial charge on any atom is 0.170 e. The fourth-order valence-corrected chi connectivity index (χ4v) is 1.57. The number of carbonyl (C=O) groups is 1. The Kier molecular flexibility index (Phi) is 2.72. The molecule has 0 aliphatic carbocycles. The van der Waals surface area contributed by atoms with Gasteiger partial charge in [-0.3, -0.25) is 9.48 Å². The molecule has 0 aliphatic heterocycles. The van der Waals surface area contributed by atoms with Crippen LogP contribution in [0, 0.1) is 0 Å². The summed E-state index contributed by atoms with van der Waals surface area (Å²) in [6.45, 7) is 0. The largest absolute Gasteiger partial charge is 0.398 e. The summed E-state index contributed by atoms with van der Waals surface area (Å²) in [5.41, 5.74) is 7.57. The molecule has 0 atom stereocenters. The molecule has 0 radical (unpaired) electrons. The van der Waals surface area contributed by atoms with Gasteiger partial charge in [0.25, 0.3) is 0 Å². The minimum Gasteiger partial charge on any atom is -0.398 e. The summed E-state index contributed by atoms with van der Waals surface area (Å²) in [7, 11) is 1.82. The highest BCUT2D eigenvalue weighted by Gasteiger charge is 2.11. The molecule has 0 saturated heterocycles. The van der Waals surface area contributed by atoms with Gasteiger partial charge < -0.3 is 5.73 Å². The van der Waals surface area contributed by atoms with E-state index in [-0.39, 0.29) is 12.2 Å². The third-order valence-corrected chi connectivity index (χ3v) is 2.37. The van der Waals surface area contributed by atoms with Crippen molar-refractivity contribution in [1.29, 1.82) is 0 Å². The minimum absolute atomic E-state index is 0.00296. The highest BCUT2D eigenvalue weighted by Crippen LogP contribution is 2.13. The summed E-state index contributed by atoms with van der Waals surface area (Å²) in [4.78, 5) is 11.9. The Morgan fingerprint density at radius 2 is 2.12 bits per heavy atom. The molecule has 2 N–H and O–H groups in total. The average Bonchev–Trinajstić information content (AvgIpc) is 2.64. The standard InChI is InChI=1S/C12H13N3O/c1-15-7-6-9(14-15)8-12(16)10-4-2-3-5-11(10)13/h2-7H,8,13H2,1H3. The van der Waals surface area contributed by atoms with Gasteiger partial charge in [-0.1, -0.05) is 12.1 Å². The van der Waals surface area contributed by atoms with E-state index < -0.39 is 0 Å². The van der Waals surface area contributed by atoms with Crippen LogP contribution in [0.5, 0.6) is 0 Å². The Morgan fingerprint density at radius 3 is 2.75 bits per heavy atom. The maximum atomic E-state index is 11.9. The first-order chi connectivity index (χ1) is 7.66. The molecule has 4 heteroatoms. The third-order valence-electron chi connectivity index (χ3n) is 2.37. The molecule has 0 unspecified atom stereocenters. The van der Waals surface area contributed by atoms with Gasteiger partial charge in [0.15, 0.2) is 5.78 Å². The lowest BCUT2D eigenvalue weighted by Gasteiger charge is -2.02. The van der Waals surface area contributed by atoms with E-state index in [2.05, 4.69) is 5.10 Å². The lowest BCUT2D eigenvalue weighted by atomic mass is 10.1. The third kappa shape index (κ3) is 2.11. The van der Waals surface area contributed by atoms with Crippen LogP contribution in [-0.2, 0) is 13.5 Å². The van der Waals surface area contributed by atoms with Gasteiger partial charge in [0.2, 0.25) is 0 Å². The number of para-hydroxylation sites is 1. The molecule has 0 amide bonds. The van der Waals surface area contributed by atoms with Gasteiger partial charge in [0, 0.05) is 24.5 Å². The van der Waals surface area contributed by atoms with Gasteiger partial charge in [-0.2, -0.15) is 5.10 Å². The van der Waals surface area contributed by atoms with Crippen molar-refractivity contribution in [2.24, 2.45) is 7.05 Å². The number of carbonyl (C=O) groups excluding carboxylic acids is 1. The van der Waals surface area contributed by atoms with Crippen LogP contribution in [0.15, 0.2) is 36.5 Å². The number of aromatic nitrogens is 2. The van der Waals surface area contributed by atoms with E-state index in [4.69, 9.17) is 5.73 Å². The van der Waals surface area contributed by atoms with Crippen molar-refractivity contribution in [2.75, 3.05) is 5.73 Å². The van der Waals surface area contributed by atoms with Crippen LogP contribution in [0.4, 0.5) is 5.69 Å². The Bertz CT molecular complexity index is 516. The molecule has 16 heavy (non-hydrogen) atoms. The second-order valence-corrected chi connectivity index (χ2v) is 3.67. The fourth-order valence-electron chi connectivity index (χ4n) is 1.57. The predicted octanol–water partition coefficient (Wildman–Crippen LogP) is 1.43. The number of nitrogen functional groups attached to an aromatic ring is 1. The zero-order chi connectivity index (χ0) is 11.5. The van der Waals surface area contributed by atoms with E-state index in [1.54, 1.807) is 16.8 Å². The van der Waals surface area contributed by atoms with Crippen LogP contribution >= 0.6 is 0 Å². The molecule has 2 aromatic rings. The summed E-state index contributed by atoms with van der Waals surface area (Å²) in [5.74, 6) is -0.00296. The van der Waals surface area contributed by atoms with Crippen LogP contribution in [0.2, 0.25) is 0 Å². The second-order valence-electron chi connectivity index (χ2n) is 3.67. The number of nitrogens with zero attached hydrogens (tertiary/aromatic N) is 2. The zero-order valence-corrected chi connectivity index (χ0v) is 9.05. The van der Waals surface area contributed by atoms with E-state index in [0.29, 0.717) is 11.3 Å². The molecule has 1 aromatic heterocycles. The van der Waals surface area contributed by atoms with Crippen molar-refractivity contribution in [3.05, 3.63) is 47.8 Å². The van der Waals surface area contributed by atoms with E-state index in [9.17, 15) is 4.79 Å². The first-order valence-electron chi connectivity index (χ1n) is 5.03. The predicted molar refractivity (Wildman–Crippen MR) is 62.1 cm³/mol. The summed E-state index contributed by atoms with van der Waals surface area (Å²) < 4.78 is 1.68. The van der Waals surface area contributed by atoms with Crippen LogP contribution in [0.3, 0.4) is 0 Å². The van der Waals surface area contributed by atoms with Crippen molar-refractivity contribution in [3.63, 3.8) is 0 Å². The first kappa shape index (κ1) is 10.4. The van der Waals surface area contributed by atoms with Crippen molar-refractivity contribution in [3.8, 4) is 0 Å². The van der Waals surface area contributed by atoms with Crippen molar-refractivity contribution < 1.29 is 4.79 Å². The van der Waals surface area contributed by atoms with Crippen molar-refractivity contribution >= 4 is 11.5 Å². The quantitative estimate of drug-likeness (QED) is 0.622. The Labute approximate surface area is 93.7 Å². The summed E-state index contributed by atoms with van der Waals surface area (Å²) in [6.07, 6.45) is 2.10. The van der Waals surface area contributed by atoms with E-state index in [0.717, 1.165) is 5.69 Å². The average molecular weight is 215 g/mol. The number of hydrogen-bond acceptors (Lipinski definition) is 3. The minimum atomic E-state index is -0.00296. The van der Waals surface area contributed by atoms with Gasteiger partial charge in [0.05, 0.1) is 12.1 Å². The fraction of sp³-hybridized carbons (Fsp3) is 0.167. The lowest BCUT2D eigenvalue weighted by Crippen LogP contribution is -2.07. The normalized spacial score (nSPS) is 10.3. The number of aryl methyl sites for hydroxylation is 1. The van der Waals surface area contributed by atoms with Crippen LogP contribution in [-0.4, -0.2) is 15.6 Å². The second kappa shape index (κ2) is 4.18. The highest BCUT2D eigenvalue weighted by atomic mass is 16.1. The van der Waals surface area contributed by atoms with E-state index in [1.165, 1.54) is 0 Å². The Balaban J connectivity index is 2.18. The molecule has 0 aliphatic rings. The number of rotatable bonds is 3. The van der Waals surface area contributed by atoms with E-state index in [1.807, 2.05) is 31.4 Å². The number of Topliss-reactive ketones (excluding diaryl/α,β-unsaturated/α-hetero) is 1. The number of hydrogen-bond donors (Lipinski definition) is 1. The molecular weight excluding hydrogens is 202 g/mol. The highest BCUT2D eigenvalue weighted by molar-refractivity contribution is 6.01. The number of ketones is 1. The molecular formula is C12H13N3O. The summed E-state index contributed by atoms with van der Waals surface area (Å²) in [6, 6.07) is 8.91. The monoisotopic (exact) mass is 215 g/mol. The molecule has 1 heterocycles. The molecule has 82 valence electrons. The van der Waals surface area contributed by atoms with Gasteiger partial charge in [-0.25, -0.2) is 0 Å². The molecule has 1 aromatic carbocycles. The number of anilines is 1. The molecule has 2 rings (SSSR count). The van der Waals surface area contributed by atoms with Gasteiger partial charge in [-0.05, 0) is 18.2 Å². The topological polar surface area (TPSA) is 60.9 Å². The molecule has 0 spiro atoms. The van der Waals surface area contributed by atoms with Gasteiger partial charge >= 0.3 is 0 Å². The van der Waals surface area contributed by atoms with E-state index >= 15 is 0 Å². The zero-order valence-electron chi connectivity index (χ0n) is 9.05. The maximum absolute atomic E-state index is 11.9. The molecule has 0 bridgehead atoms. The number of nitrogens with two attached hydrogens (primary N) is 1.